The number of fused-ring (bicyclic) bond motifs is 2. The Labute approximate surface area is 173 Å². The van der Waals surface area contributed by atoms with E-state index in [0.29, 0.717) is 17.0 Å². The molecule has 5 aromatic rings. The third kappa shape index (κ3) is 3.18. The predicted octanol–water partition coefficient (Wildman–Crippen LogP) is 4.86. The Kier molecular flexibility index (Phi) is 4.44. The molecule has 0 radical (unpaired) electrons. The van der Waals surface area contributed by atoms with E-state index in [0.717, 1.165) is 22.2 Å². The molecule has 6 heteroatoms. The number of carbonyl (C=O) groups is 1. The number of para-hydroxylation sites is 1. The highest BCUT2D eigenvalue weighted by molar-refractivity contribution is 6.11. The summed E-state index contributed by atoms with van der Waals surface area (Å²) in [5, 5.41) is 4.26. The van der Waals surface area contributed by atoms with Crippen LogP contribution in [0.2, 0.25) is 0 Å². The number of rotatable bonds is 6. The van der Waals surface area contributed by atoms with E-state index in [1.54, 1.807) is 13.3 Å². The number of methoxy groups -OCH3 is 1. The van der Waals surface area contributed by atoms with E-state index >= 15 is 0 Å². The first-order valence-electron chi connectivity index (χ1n) is 9.67. The number of aromatic amines is 1. The van der Waals surface area contributed by atoms with E-state index in [9.17, 15) is 4.79 Å². The van der Waals surface area contributed by atoms with Crippen molar-refractivity contribution in [1.29, 1.82) is 0 Å². The highest BCUT2D eigenvalue weighted by Crippen LogP contribution is 2.28. The molecule has 148 valence electrons. The molecule has 0 saturated heterocycles. The van der Waals surface area contributed by atoms with E-state index < -0.39 is 6.04 Å². The monoisotopic (exact) mass is 396 g/mol. The number of ether oxygens (including phenoxy) is 1. The van der Waals surface area contributed by atoms with Crippen molar-refractivity contribution in [3.8, 4) is 5.75 Å². The number of anilines is 1. The van der Waals surface area contributed by atoms with Crippen LogP contribution < -0.4 is 10.1 Å². The van der Waals surface area contributed by atoms with Crippen LogP contribution in [0.15, 0.2) is 85.3 Å². The maximum Gasteiger partial charge on any atom is 0.193 e. The summed E-state index contributed by atoms with van der Waals surface area (Å²) in [6.07, 6.45) is 5.58. The molecule has 0 fully saturated rings. The number of hydrogen-bond acceptors (Lipinski definition) is 4. The number of Topliss-reactive ketones (excluding diaryl/α,β-unsaturated/α-hetero) is 1. The number of imidazole rings is 1. The maximum atomic E-state index is 13.7. The minimum atomic E-state index is -0.656. The highest BCUT2D eigenvalue weighted by atomic mass is 16.5. The summed E-state index contributed by atoms with van der Waals surface area (Å²) >= 11 is 0. The number of aromatic nitrogens is 3. The van der Waals surface area contributed by atoms with Crippen LogP contribution in [-0.2, 0) is 0 Å². The van der Waals surface area contributed by atoms with Crippen LogP contribution >= 0.6 is 0 Å². The molecule has 3 aromatic heterocycles. The van der Waals surface area contributed by atoms with Crippen molar-refractivity contribution < 1.29 is 9.53 Å². The van der Waals surface area contributed by atoms with Gasteiger partial charge in [0.1, 0.15) is 17.4 Å². The van der Waals surface area contributed by atoms with Crippen LogP contribution in [0.25, 0.3) is 16.6 Å². The highest BCUT2D eigenvalue weighted by Gasteiger charge is 2.27. The van der Waals surface area contributed by atoms with E-state index in [1.165, 1.54) is 0 Å². The molecule has 1 unspecified atom stereocenters. The molecule has 30 heavy (non-hydrogen) atoms. The third-order valence-electron chi connectivity index (χ3n) is 5.18. The molecule has 0 bridgehead atoms. The molecular weight excluding hydrogens is 376 g/mol. The number of pyridine rings is 1. The molecule has 2 aromatic carbocycles. The zero-order valence-electron chi connectivity index (χ0n) is 16.4. The van der Waals surface area contributed by atoms with E-state index in [-0.39, 0.29) is 5.78 Å². The molecule has 0 spiro atoms. The zero-order chi connectivity index (χ0) is 20.5. The predicted molar refractivity (Wildman–Crippen MR) is 117 cm³/mol. The van der Waals surface area contributed by atoms with Crippen LogP contribution in [0, 0.1) is 0 Å². The number of ketones is 1. The van der Waals surface area contributed by atoms with Gasteiger partial charge in [-0.15, -0.1) is 0 Å². The lowest BCUT2D eigenvalue weighted by molar-refractivity contribution is 0.0970. The van der Waals surface area contributed by atoms with Crippen molar-refractivity contribution in [3.63, 3.8) is 0 Å². The number of nitrogens with zero attached hydrogens (tertiary/aromatic N) is 2. The first kappa shape index (κ1) is 18.0. The summed E-state index contributed by atoms with van der Waals surface area (Å²) in [6.45, 7) is 0. The second-order valence-electron chi connectivity index (χ2n) is 7.05. The van der Waals surface area contributed by atoms with Crippen LogP contribution in [0.5, 0.6) is 5.75 Å². The lowest BCUT2D eigenvalue weighted by atomic mass is 10.0. The SMILES string of the molecule is COc1cccc(NC(C(=O)c2c[nH]c3ccccc23)c2cn3ccccc3n2)c1. The molecule has 0 aliphatic heterocycles. The van der Waals surface area contributed by atoms with Crippen LogP contribution in [0.4, 0.5) is 5.69 Å². The van der Waals surface area contributed by atoms with Gasteiger partial charge in [0.25, 0.3) is 0 Å². The number of carbonyl (C=O) groups excluding carboxylic acids is 1. The largest absolute Gasteiger partial charge is 0.497 e. The topological polar surface area (TPSA) is 71.4 Å². The van der Waals surface area contributed by atoms with Crippen molar-refractivity contribution in [1.82, 2.24) is 14.4 Å². The number of nitrogens with one attached hydrogen (secondary N) is 2. The second kappa shape index (κ2) is 7.40. The lowest BCUT2D eigenvalue weighted by Crippen LogP contribution is -2.21. The number of H-pyrrole nitrogens is 1. The zero-order valence-corrected chi connectivity index (χ0v) is 16.4. The molecule has 0 saturated carbocycles. The Morgan fingerprint density at radius 1 is 1.10 bits per heavy atom. The summed E-state index contributed by atoms with van der Waals surface area (Å²) in [6, 6.07) is 20.4. The molecule has 0 aliphatic carbocycles. The average Bonchev–Trinajstić information content (AvgIpc) is 3.41. The van der Waals surface area contributed by atoms with Gasteiger partial charge in [0.05, 0.1) is 12.8 Å². The summed E-state index contributed by atoms with van der Waals surface area (Å²) in [4.78, 5) is 21.6. The Morgan fingerprint density at radius 3 is 2.83 bits per heavy atom. The molecule has 6 nitrogen and oxygen atoms in total. The fourth-order valence-electron chi connectivity index (χ4n) is 3.68. The number of hydrogen-bond donors (Lipinski definition) is 2. The van der Waals surface area contributed by atoms with Gasteiger partial charge in [-0.2, -0.15) is 0 Å². The Hall–Kier alpha value is -4.06. The molecule has 2 N–H and O–H groups in total. The minimum Gasteiger partial charge on any atom is -0.497 e. The van der Waals surface area contributed by atoms with Gasteiger partial charge in [-0.25, -0.2) is 4.98 Å². The van der Waals surface area contributed by atoms with Crippen LogP contribution in [0.1, 0.15) is 22.1 Å². The van der Waals surface area contributed by atoms with E-state index in [1.807, 2.05) is 83.5 Å². The molecule has 0 aliphatic rings. The molecule has 5 rings (SSSR count). The summed E-state index contributed by atoms with van der Waals surface area (Å²) in [5.41, 5.74) is 3.78. The van der Waals surface area contributed by atoms with Crippen molar-refractivity contribution in [2.24, 2.45) is 0 Å². The molecule has 0 amide bonds. The Bertz CT molecular complexity index is 1320. The maximum absolute atomic E-state index is 13.7. The third-order valence-corrected chi connectivity index (χ3v) is 5.18. The van der Waals surface area contributed by atoms with Crippen molar-refractivity contribution in [2.45, 2.75) is 6.04 Å². The van der Waals surface area contributed by atoms with Crippen molar-refractivity contribution >= 4 is 28.0 Å². The quantitative estimate of drug-likeness (QED) is 0.402. The normalized spacial score (nSPS) is 12.2. The lowest BCUT2D eigenvalue weighted by Gasteiger charge is -2.17. The second-order valence-corrected chi connectivity index (χ2v) is 7.05. The van der Waals surface area contributed by atoms with Gasteiger partial charge in [0, 0.05) is 46.8 Å². The Morgan fingerprint density at radius 2 is 1.97 bits per heavy atom. The van der Waals surface area contributed by atoms with Gasteiger partial charge in [0.2, 0.25) is 0 Å². The standard InChI is InChI=1S/C24H20N4O2/c1-30-17-8-6-7-16(13-17)26-23(21-15-28-12-5-4-11-22(28)27-21)24(29)19-14-25-20-10-3-2-9-18(19)20/h2-15,23,25-26H,1H3. The van der Waals surface area contributed by atoms with Crippen molar-refractivity contribution in [3.05, 3.63) is 96.6 Å². The fraction of sp³-hybridized carbons (Fsp3) is 0.0833. The molecule has 3 heterocycles. The van der Waals surface area contributed by atoms with Gasteiger partial charge in [-0.3, -0.25) is 4.79 Å². The van der Waals surface area contributed by atoms with Crippen LogP contribution in [-0.4, -0.2) is 27.3 Å². The first-order valence-corrected chi connectivity index (χ1v) is 9.67. The first-order chi connectivity index (χ1) is 14.7. The van der Waals surface area contributed by atoms with Gasteiger partial charge >= 0.3 is 0 Å². The molecule has 1 atom stereocenters. The number of benzene rings is 2. The van der Waals surface area contributed by atoms with Gasteiger partial charge in [-0.05, 0) is 30.3 Å². The summed E-state index contributed by atoms with van der Waals surface area (Å²) < 4.78 is 7.25. The summed E-state index contributed by atoms with van der Waals surface area (Å²) in [5.74, 6) is 0.659. The van der Waals surface area contributed by atoms with Gasteiger partial charge in [0.15, 0.2) is 5.78 Å². The van der Waals surface area contributed by atoms with E-state index in [2.05, 4.69) is 10.3 Å². The Balaban J connectivity index is 1.60. The van der Waals surface area contributed by atoms with E-state index in [4.69, 9.17) is 9.72 Å². The van der Waals surface area contributed by atoms with Gasteiger partial charge < -0.3 is 19.4 Å². The summed E-state index contributed by atoms with van der Waals surface area (Å²) in [7, 11) is 1.62. The average molecular weight is 396 g/mol. The van der Waals surface area contributed by atoms with Crippen LogP contribution in [0.3, 0.4) is 0 Å². The smallest absolute Gasteiger partial charge is 0.193 e. The minimum absolute atomic E-state index is 0.0568. The van der Waals surface area contributed by atoms with Gasteiger partial charge in [-0.1, -0.05) is 30.3 Å². The fourth-order valence-corrected chi connectivity index (χ4v) is 3.68. The molecular formula is C24H20N4O2. The van der Waals surface area contributed by atoms with Crippen molar-refractivity contribution in [2.75, 3.05) is 12.4 Å².